The average Bonchev–Trinajstić information content (AvgIpc) is 2.98. The second kappa shape index (κ2) is 7.47. The number of nitrogens with one attached hydrogen (secondary N) is 1. The molecular formula is C22H20N4O3. The third kappa shape index (κ3) is 3.38. The summed E-state index contributed by atoms with van der Waals surface area (Å²) in [5.74, 6) is -0.603. The van der Waals surface area contributed by atoms with Crippen LogP contribution >= 0.6 is 0 Å². The quantitative estimate of drug-likeness (QED) is 0.640. The molecule has 1 spiro atoms. The number of hydrogen-bond acceptors (Lipinski definition) is 5. The molecule has 0 bridgehead atoms. The molecule has 146 valence electrons. The van der Waals surface area contributed by atoms with Crippen LogP contribution in [0.3, 0.4) is 0 Å². The lowest BCUT2D eigenvalue weighted by molar-refractivity contribution is -0.132. The van der Waals surface area contributed by atoms with Gasteiger partial charge >= 0.3 is 6.03 Å². The first kappa shape index (κ1) is 18.8. The number of aromatic nitrogens is 1. The van der Waals surface area contributed by atoms with E-state index in [2.05, 4.69) is 16.4 Å². The van der Waals surface area contributed by atoms with Crippen molar-refractivity contribution >= 4 is 17.7 Å². The second-order valence-electron chi connectivity index (χ2n) is 7.48. The van der Waals surface area contributed by atoms with Crippen LogP contribution in [0.15, 0.2) is 42.6 Å². The largest absolute Gasteiger partial charge is 0.325 e. The molecule has 1 aliphatic carbocycles. The first-order valence-corrected chi connectivity index (χ1v) is 9.67. The van der Waals surface area contributed by atoms with Crippen molar-refractivity contribution in [2.45, 2.75) is 37.6 Å². The maximum atomic E-state index is 12.8. The van der Waals surface area contributed by atoms with Gasteiger partial charge in [0, 0.05) is 17.3 Å². The number of amides is 3. The van der Waals surface area contributed by atoms with Gasteiger partial charge < -0.3 is 5.32 Å². The molecule has 1 saturated heterocycles. The van der Waals surface area contributed by atoms with Gasteiger partial charge in [-0.05, 0) is 25.0 Å². The van der Waals surface area contributed by atoms with E-state index >= 15 is 0 Å². The minimum absolute atomic E-state index is 0.279. The molecule has 7 nitrogen and oxygen atoms in total. The van der Waals surface area contributed by atoms with Crippen molar-refractivity contribution in [1.82, 2.24) is 15.2 Å². The lowest BCUT2D eigenvalue weighted by Crippen LogP contribution is -2.48. The van der Waals surface area contributed by atoms with Crippen molar-refractivity contribution in [3.63, 3.8) is 0 Å². The van der Waals surface area contributed by atoms with Crippen LogP contribution in [-0.2, 0) is 4.79 Å². The fraction of sp³-hybridized carbons (Fsp3) is 0.318. The molecule has 2 aromatic rings. The Bertz CT molecular complexity index is 1020. The zero-order chi connectivity index (χ0) is 20.4. The summed E-state index contributed by atoms with van der Waals surface area (Å²) in [6, 6.07) is 11.7. The van der Waals surface area contributed by atoms with Crippen molar-refractivity contribution in [3.8, 4) is 17.3 Å². The number of carbonyl (C=O) groups is 3. The Balaban J connectivity index is 1.50. The first-order chi connectivity index (χ1) is 14.0. The smallest absolute Gasteiger partial charge is 0.323 e. The third-order valence-corrected chi connectivity index (χ3v) is 5.66. The summed E-state index contributed by atoms with van der Waals surface area (Å²) < 4.78 is 0. The van der Waals surface area contributed by atoms with E-state index in [1.54, 1.807) is 42.6 Å². The van der Waals surface area contributed by atoms with Crippen molar-refractivity contribution in [2.75, 3.05) is 6.54 Å². The number of rotatable bonds is 4. The van der Waals surface area contributed by atoms with E-state index < -0.39 is 11.6 Å². The van der Waals surface area contributed by atoms with Gasteiger partial charge in [0.05, 0.1) is 17.8 Å². The molecule has 2 heterocycles. The molecule has 0 unspecified atom stereocenters. The molecule has 2 fully saturated rings. The molecule has 3 amide bonds. The van der Waals surface area contributed by atoms with E-state index in [4.69, 9.17) is 0 Å². The number of ketones is 1. The standard InChI is InChI=1S/C22H20N4O3/c23-13-17-5-4-12-24-19(17)16-8-6-15(7-9-16)18(27)14-26-20(28)22(25-21(26)29)10-2-1-3-11-22/h4-9,12H,1-3,10-11,14H2,(H,25,29). The summed E-state index contributed by atoms with van der Waals surface area (Å²) in [7, 11) is 0. The molecule has 1 N–H and O–H groups in total. The fourth-order valence-corrected chi connectivity index (χ4v) is 4.09. The van der Waals surface area contributed by atoms with Gasteiger partial charge in [0.25, 0.3) is 5.91 Å². The number of pyridine rings is 1. The summed E-state index contributed by atoms with van der Waals surface area (Å²) in [6.45, 7) is -0.279. The second-order valence-corrected chi connectivity index (χ2v) is 7.48. The summed E-state index contributed by atoms with van der Waals surface area (Å²) in [5.41, 5.74) is 1.28. The van der Waals surface area contributed by atoms with Gasteiger partial charge in [-0.1, -0.05) is 43.5 Å². The Morgan fingerprint density at radius 3 is 2.55 bits per heavy atom. The predicted octanol–water partition coefficient (Wildman–Crippen LogP) is 3.06. The van der Waals surface area contributed by atoms with Crippen LogP contribution in [-0.4, -0.2) is 39.7 Å². The summed E-state index contributed by atoms with van der Waals surface area (Å²) >= 11 is 0. The summed E-state index contributed by atoms with van der Waals surface area (Å²) in [4.78, 5) is 43.1. The minimum Gasteiger partial charge on any atom is -0.323 e. The maximum Gasteiger partial charge on any atom is 0.325 e. The summed E-state index contributed by atoms with van der Waals surface area (Å²) in [6.07, 6.45) is 5.71. The molecule has 4 rings (SSSR count). The van der Waals surface area contributed by atoms with Crippen LogP contribution in [0.5, 0.6) is 0 Å². The van der Waals surface area contributed by atoms with E-state index in [-0.39, 0.29) is 18.2 Å². The van der Waals surface area contributed by atoms with Crippen LogP contribution < -0.4 is 5.32 Å². The molecule has 29 heavy (non-hydrogen) atoms. The van der Waals surface area contributed by atoms with Gasteiger partial charge in [0.15, 0.2) is 5.78 Å². The van der Waals surface area contributed by atoms with Gasteiger partial charge in [0.2, 0.25) is 0 Å². The van der Waals surface area contributed by atoms with E-state index in [0.717, 1.165) is 29.7 Å². The monoisotopic (exact) mass is 388 g/mol. The van der Waals surface area contributed by atoms with Crippen LogP contribution in [0.1, 0.15) is 48.0 Å². The van der Waals surface area contributed by atoms with E-state index in [1.165, 1.54) is 0 Å². The number of benzene rings is 1. The lowest BCUT2D eigenvalue weighted by Gasteiger charge is -2.30. The highest BCUT2D eigenvalue weighted by Gasteiger charge is 2.51. The van der Waals surface area contributed by atoms with E-state index in [9.17, 15) is 19.6 Å². The van der Waals surface area contributed by atoms with Crippen LogP contribution in [0.4, 0.5) is 4.79 Å². The Kier molecular flexibility index (Phi) is 4.85. The van der Waals surface area contributed by atoms with Crippen LogP contribution in [0, 0.1) is 11.3 Å². The van der Waals surface area contributed by atoms with Gasteiger partial charge in [0.1, 0.15) is 11.6 Å². The number of hydrogen-bond donors (Lipinski definition) is 1. The summed E-state index contributed by atoms with van der Waals surface area (Å²) in [5, 5.41) is 12.0. The van der Waals surface area contributed by atoms with Crippen molar-refractivity contribution < 1.29 is 14.4 Å². The Morgan fingerprint density at radius 1 is 1.14 bits per heavy atom. The fourth-order valence-electron chi connectivity index (χ4n) is 4.09. The van der Waals surface area contributed by atoms with Gasteiger partial charge in [-0.2, -0.15) is 5.26 Å². The highest BCUT2D eigenvalue weighted by atomic mass is 16.2. The molecule has 7 heteroatoms. The zero-order valence-corrected chi connectivity index (χ0v) is 15.9. The van der Waals surface area contributed by atoms with Crippen LogP contribution in [0.2, 0.25) is 0 Å². The Morgan fingerprint density at radius 2 is 1.86 bits per heavy atom. The third-order valence-electron chi connectivity index (χ3n) is 5.66. The highest BCUT2D eigenvalue weighted by molar-refractivity contribution is 6.11. The van der Waals surface area contributed by atoms with Crippen molar-refractivity contribution in [3.05, 3.63) is 53.7 Å². The molecule has 1 aliphatic heterocycles. The van der Waals surface area contributed by atoms with Gasteiger partial charge in [-0.3, -0.25) is 19.5 Å². The molecule has 2 aliphatic rings. The minimum atomic E-state index is -0.827. The molecule has 0 atom stereocenters. The molecule has 1 saturated carbocycles. The van der Waals surface area contributed by atoms with Gasteiger partial charge in [-0.15, -0.1) is 0 Å². The Labute approximate surface area is 168 Å². The topological polar surface area (TPSA) is 103 Å². The Hall–Kier alpha value is -3.53. The zero-order valence-electron chi connectivity index (χ0n) is 15.9. The van der Waals surface area contributed by atoms with Crippen molar-refractivity contribution in [2.24, 2.45) is 0 Å². The van der Waals surface area contributed by atoms with E-state index in [1.807, 2.05) is 0 Å². The number of carbonyl (C=O) groups excluding carboxylic acids is 3. The molecule has 0 radical (unpaired) electrons. The molecular weight excluding hydrogens is 368 g/mol. The normalized spacial score (nSPS) is 17.8. The predicted molar refractivity (Wildman–Crippen MR) is 105 cm³/mol. The lowest BCUT2D eigenvalue weighted by atomic mass is 9.82. The highest BCUT2D eigenvalue weighted by Crippen LogP contribution is 2.33. The SMILES string of the molecule is N#Cc1cccnc1-c1ccc(C(=O)CN2C(=O)NC3(CCCCC3)C2=O)cc1. The molecule has 1 aromatic carbocycles. The first-order valence-electron chi connectivity index (χ1n) is 9.67. The number of nitrogens with zero attached hydrogens (tertiary/aromatic N) is 3. The van der Waals surface area contributed by atoms with Gasteiger partial charge in [-0.25, -0.2) is 4.79 Å². The van der Waals surface area contributed by atoms with Crippen molar-refractivity contribution in [1.29, 1.82) is 5.26 Å². The number of nitriles is 1. The maximum absolute atomic E-state index is 12.8. The van der Waals surface area contributed by atoms with E-state index in [0.29, 0.717) is 29.7 Å². The number of Topliss-reactive ketones (excluding diaryl/α,β-unsaturated/α-hetero) is 1. The number of imide groups is 1. The number of urea groups is 1. The molecule has 1 aromatic heterocycles. The average molecular weight is 388 g/mol. The van der Waals surface area contributed by atoms with Crippen LogP contribution in [0.25, 0.3) is 11.3 Å².